The van der Waals surface area contributed by atoms with E-state index < -0.39 is 0 Å². The van der Waals surface area contributed by atoms with Gasteiger partial charge in [0.15, 0.2) is 0 Å². The highest BCUT2D eigenvalue weighted by molar-refractivity contribution is 7.98. The Morgan fingerprint density at radius 3 is 2.73 bits per heavy atom. The summed E-state index contributed by atoms with van der Waals surface area (Å²) in [7, 11) is 0. The van der Waals surface area contributed by atoms with E-state index in [2.05, 4.69) is 23.8 Å². The number of rotatable bonds is 5. The van der Waals surface area contributed by atoms with Crippen molar-refractivity contribution >= 4 is 11.8 Å². The maximum Gasteiger partial charge on any atom is 0.138 e. The van der Waals surface area contributed by atoms with Crippen LogP contribution in [0, 0.1) is 12.8 Å². The average molecular weight is 226 g/mol. The predicted molar refractivity (Wildman–Crippen MR) is 63.7 cm³/mol. The summed E-state index contributed by atoms with van der Waals surface area (Å²) < 4.78 is 0. The first kappa shape index (κ1) is 12.5. The van der Waals surface area contributed by atoms with Crippen LogP contribution in [0.15, 0.2) is 6.07 Å². The maximum atomic E-state index is 9.00. The van der Waals surface area contributed by atoms with E-state index in [-0.39, 0.29) is 6.61 Å². The standard InChI is InChI=1S/C11H18N2OS/c1-8(2)6-15-7-11-12-9(3)4-10(5-14)13-11/h4,8,14H,5-7H2,1-3H3. The Hall–Kier alpha value is -0.610. The van der Waals surface area contributed by atoms with Crippen LogP contribution in [-0.2, 0) is 12.4 Å². The molecule has 0 fully saturated rings. The van der Waals surface area contributed by atoms with Gasteiger partial charge in [-0.15, -0.1) is 0 Å². The van der Waals surface area contributed by atoms with Gasteiger partial charge in [-0.1, -0.05) is 13.8 Å². The monoisotopic (exact) mass is 226 g/mol. The second-order valence-electron chi connectivity index (χ2n) is 3.98. The molecular formula is C11H18N2OS. The molecule has 0 saturated carbocycles. The van der Waals surface area contributed by atoms with Gasteiger partial charge in [0.05, 0.1) is 18.1 Å². The first-order valence-corrected chi connectivity index (χ1v) is 6.29. The fraction of sp³-hybridized carbons (Fsp3) is 0.636. The Labute approximate surface area is 95.3 Å². The molecule has 1 aromatic rings. The number of aromatic nitrogens is 2. The van der Waals surface area contributed by atoms with Crippen molar-refractivity contribution in [3.8, 4) is 0 Å². The molecule has 0 amide bonds. The topological polar surface area (TPSA) is 46.0 Å². The summed E-state index contributed by atoms with van der Waals surface area (Å²) in [6.45, 7) is 6.31. The number of aryl methyl sites for hydroxylation is 1. The molecule has 0 aliphatic heterocycles. The van der Waals surface area contributed by atoms with Crippen molar-refractivity contribution in [3.05, 3.63) is 23.3 Å². The van der Waals surface area contributed by atoms with Gasteiger partial charge in [0, 0.05) is 5.69 Å². The van der Waals surface area contributed by atoms with E-state index in [9.17, 15) is 0 Å². The van der Waals surface area contributed by atoms with Gasteiger partial charge in [0.2, 0.25) is 0 Å². The van der Waals surface area contributed by atoms with Gasteiger partial charge in [-0.05, 0) is 24.7 Å². The molecule has 3 nitrogen and oxygen atoms in total. The number of hydrogen-bond donors (Lipinski definition) is 1. The van der Waals surface area contributed by atoms with E-state index in [4.69, 9.17) is 5.11 Å². The molecule has 1 N–H and O–H groups in total. The fourth-order valence-corrected chi connectivity index (χ4v) is 2.13. The van der Waals surface area contributed by atoms with Gasteiger partial charge in [-0.25, -0.2) is 9.97 Å². The van der Waals surface area contributed by atoms with Gasteiger partial charge < -0.3 is 5.11 Å². The minimum absolute atomic E-state index is 0.00872. The molecular weight excluding hydrogens is 208 g/mol. The first-order chi connectivity index (χ1) is 7.11. The van der Waals surface area contributed by atoms with Crippen LogP contribution in [0.1, 0.15) is 31.1 Å². The van der Waals surface area contributed by atoms with Crippen LogP contribution in [0.4, 0.5) is 0 Å². The van der Waals surface area contributed by atoms with Crippen molar-refractivity contribution < 1.29 is 5.11 Å². The Kier molecular flexibility index (Phi) is 5.05. The summed E-state index contributed by atoms with van der Waals surface area (Å²) in [5.74, 6) is 3.46. The fourth-order valence-electron chi connectivity index (χ4n) is 1.23. The maximum absolute atomic E-state index is 9.00. The van der Waals surface area contributed by atoms with Gasteiger partial charge in [0.25, 0.3) is 0 Å². The number of aliphatic hydroxyl groups excluding tert-OH is 1. The Balaban J connectivity index is 2.56. The molecule has 0 aliphatic carbocycles. The molecule has 0 radical (unpaired) electrons. The molecule has 0 bridgehead atoms. The van der Waals surface area contributed by atoms with E-state index in [1.54, 1.807) is 0 Å². The van der Waals surface area contributed by atoms with Crippen molar-refractivity contribution in [3.63, 3.8) is 0 Å². The predicted octanol–water partition coefficient (Wildman–Crippen LogP) is 2.17. The molecule has 1 heterocycles. The Bertz CT molecular complexity index is 315. The van der Waals surface area contributed by atoms with Gasteiger partial charge >= 0.3 is 0 Å². The lowest BCUT2D eigenvalue weighted by atomic mass is 10.3. The molecule has 0 aliphatic rings. The van der Waals surface area contributed by atoms with Crippen LogP contribution in [-0.4, -0.2) is 20.8 Å². The van der Waals surface area contributed by atoms with Crippen molar-refractivity contribution in [2.45, 2.75) is 33.1 Å². The molecule has 1 aromatic heterocycles. The Morgan fingerprint density at radius 1 is 1.40 bits per heavy atom. The number of thioether (sulfide) groups is 1. The largest absolute Gasteiger partial charge is 0.390 e. The van der Waals surface area contributed by atoms with Crippen LogP contribution in [0.25, 0.3) is 0 Å². The molecule has 15 heavy (non-hydrogen) atoms. The third-order valence-corrected chi connectivity index (χ3v) is 3.16. The minimum atomic E-state index is -0.00872. The van der Waals surface area contributed by atoms with E-state index in [0.717, 1.165) is 23.0 Å². The molecule has 84 valence electrons. The van der Waals surface area contributed by atoms with Gasteiger partial charge in [-0.2, -0.15) is 11.8 Å². The summed E-state index contributed by atoms with van der Waals surface area (Å²) in [5, 5.41) is 9.00. The summed E-state index contributed by atoms with van der Waals surface area (Å²) in [6, 6.07) is 1.82. The normalized spacial score (nSPS) is 11.0. The summed E-state index contributed by atoms with van der Waals surface area (Å²) in [5.41, 5.74) is 1.64. The Morgan fingerprint density at radius 2 is 2.13 bits per heavy atom. The minimum Gasteiger partial charge on any atom is -0.390 e. The molecule has 1 rings (SSSR count). The smallest absolute Gasteiger partial charge is 0.138 e. The zero-order chi connectivity index (χ0) is 11.3. The quantitative estimate of drug-likeness (QED) is 0.835. The van der Waals surface area contributed by atoms with E-state index in [0.29, 0.717) is 11.6 Å². The van der Waals surface area contributed by atoms with Crippen LogP contribution in [0.5, 0.6) is 0 Å². The van der Waals surface area contributed by atoms with Crippen molar-refractivity contribution in [2.75, 3.05) is 5.75 Å². The zero-order valence-electron chi connectivity index (χ0n) is 9.53. The lowest BCUT2D eigenvalue weighted by Crippen LogP contribution is -2.01. The van der Waals surface area contributed by atoms with Crippen LogP contribution in [0.3, 0.4) is 0 Å². The molecule has 0 aromatic carbocycles. The lowest BCUT2D eigenvalue weighted by molar-refractivity contribution is 0.276. The molecule has 4 heteroatoms. The zero-order valence-corrected chi connectivity index (χ0v) is 10.3. The third-order valence-electron chi connectivity index (χ3n) is 1.80. The van der Waals surface area contributed by atoms with Crippen molar-refractivity contribution in [1.82, 2.24) is 9.97 Å². The van der Waals surface area contributed by atoms with Crippen LogP contribution < -0.4 is 0 Å². The highest BCUT2D eigenvalue weighted by Crippen LogP contribution is 2.13. The molecule has 0 spiro atoms. The van der Waals surface area contributed by atoms with E-state index in [1.807, 2.05) is 24.8 Å². The van der Waals surface area contributed by atoms with E-state index >= 15 is 0 Å². The van der Waals surface area contributed by atoms with Crippen LogP contribution in [0.2, 0.25) is 0 Å². The summed E-state index contributed by atoms with van der Waals surface area (Å²) in [4.78, 5) is 8.60. The number of nitrogens with zero attached hydrogens (tertiary/aromatic N) is 2. The highest BCUT2D eigenvalue weighted by Gasteiger charge is 2.02. The highest BCUT2D eigenvalue weighted by atomic mass is 32.2. The average Bonchev–Trinajstić information content (AvgIpc) is 2.16. The first-order valence-electron chi connectivity index (χ1n) is 5.14. The van der Waals surface area contributed by atoms with Crippen molar-refractivity contribution in [2.24, 2.45) is 5.92 Å². The molecule has 0 saturated heterocycles. The number of hydrogen-bond acceptors (Lipinski definition) is 4. The molecule has 0 unspecified atom stereocenters. The summed E-state index contributed by atoms with van der Waals surface area (Å²) >= 11 is 1.84. The van der Waals surface area contributed by atoms with Gasteiger partial charge in [0.1, 0.15) is 5.82 Å². The lowest BCUT2D eigenvalue weighted by Gasteiger charge is -2.05. The SMILES string of the molecule is Cc1cc(CO)nc(CSCC(C)C)n1. The summed E-state index contributed by atoms with van der Waals surface area (Å²) in [6.07, 6.45) is 0. The molecule has 0 atom stereocenters. The second kappa shape index (κ2) is 6.08. The number of aliphatic hydroxyl groups is 1. The van der Waals surface area contributed by atoms with Crippen LogP contribution >= 0.6 is 11.8 Å². The van der Waals surface area contributed by atoms with Crippen molar-refractivity contribution in [1.29, 1.82) is 0 Å². The third kappa shape index (κ3) is 4.62. The second-order valence-corrected chi connectivity index (χ2v) is 5.01. The van der Waals surface area contributed by atoms with E-state index in [1.165, 1.54) is 0 Å². The van der Waals surface area contributed by atoms with Gasteiger partial charge in [-0.3, -0.25) is 0 Å².